The molecule has 0 aliphatic heterocycles. The van der Waals surface area contributed by atoms with E-state index in [4.69, 9.17) is 10.5 Å². The van der Waals surface area contributed by atoms with Crippen LogP contribution in [0.2, 0.25) is 0 Å². The van der Waals surface area contributed by atoms with Gasteiger partial charge in [0.2, 0.25) is 0 Å². The van der Waals surface area contributed by atoms with E-state index in [9.17, 15) is 9.59 Å². The lowest BCUT2D eigenvalue weighted by Crippen LogP contribution is -2.24. The Morgan fingerprint density at radius 3 is 2.16 bits per heavy atom. The first-order valence-corrected chi connectivity index (χ1v) is 13.2. The number of methoxy groups -OCH3 is 1. The molecule has 0 saturated carbocycles. The number of rotatable bonds is 9. The van der Waals surface area contributed by atoms with E-state index in [1.54, 1.807) is 43.1 Å². The maximum absolute atomic E-state index is 13.3. The van der Waals surface area contributed by atoms with Crippen molar-refractivity contribution in [2.45, 2.75) is 11.4 Å². The van der Waals surface area contributed by atoms with E-state index < -0.39 is 0 Å². The topological polar surface area (TPSA) is 93.4 Å². The van der Waals surface area contributed by atoms with Gasteiger partial charge in [-0.2, -0.15) is 0 Å². The summed E-state index contributed by atoms with van der Waals surface area (Å²) in [5, 5.41) is 5.82. The van der Waals surface area contributed by atoms with E-state index in [2.05, 4.69) is 10.6 Å². The second-order valence-electron chi connectivity index (χ2n) is 8.48. The molecule has 0 spiro atoms. The van der Waals surface area contributed by atoms with Gasteiger partial charge in [0.05, 0.1) is 18.5 Å². The number of hydrogen-bond acceptors (Lipinski definition) is 5. The summed E-state index contributed by atoms with van der Waals surface area (Å²) in [6, 6.07) is 29.7. The van der Waals surface area contributed by atoms with Gasteiger partial charge < -0.3 is 21.1 Å². The molecule has 0 fully saturated rings. The average molecular weight is 524 g/mol. The molecule has 4 N–H and O–H groups in total. The Morgan fingerprint density at radius 1 is 0.868 bits per heavy atom. The molecule has 192 valence electrons. The molecule has 0 unspecified atom stereocenters. The molecule has 4 aromatic carbocycles. The van der Waals surface area contributed by atoms with Crippen LogP contribution in [-0.2, 0) is 11.3 Å². The van der Waals surface area contributed by atoms with Crippen LogP contribution in [0.1, 0.15) is 27.0 Å². The van der Waals surface area contributed by atoms with Gasteiger partial charge in [0.15, 0.2) is 0 Å². The van der Waals surface area contributed by atoms with Crippen molar-refractivity contribution in [3.63, 3.8) is 0 Å². The Bertz CT molecular complexity index is 1430. The fraction of sp³-hybridized carbons (Fsp3) is 0.0968. The minimum Gasteiger partial charge on any atom is -0.497 e. The second kappa shape index (κ2) is 12.7. The number of para-hydroxylation sites is 2. The Labute approximate surface area is 226 Å². The number of carbonyl (C=O) groups excluding carboxylic acids is 2. The summed E-state index contributed by atoms with van der Waals surface area (Å²) in [5.74, 6) is 0.262. The van der Waals surface area contributed by atoms with Gasteiger partial charge in [0, 0.05) is 22.6 Å². The highest BCUT2D eigenvalue weighted by Gasteiger charge is 2.13. The maximum atomic E-state index is 13.3. The van der Waals surface area contributed by atoms with Crippen molar-refractivity contribution in [2.75, 3.05) is 24.4 Å². The molecule has 0 heterocycles. The first-order chi connectivity index (χ1) is 18.5. The molecular weight excluding hydrogens is 494 g/mol. The SMILES string of the molecule is COc1ccc(/C(=C\c2ccc(SC)cc2)C(=O)NCc2ccc(C(=O)Nc3ccccc3N)cc2)cc1. The molecule has 0 bridgehead atoms. The van der Waals surface area contributed by atoms with E-state index in [-0.39, 0.29) is 11.8 Å². The quantitative estimate of drug-likeness (QED) is 0.107. The molecule has 38 heavy (non-hydrogen) atoms. The summed E-state index contributed by atoms with van der Waals surface area (Å²) >= 11 is 1.67. The Hall–Kier alpha value is -4.49. The lowest BCUT2D eigenvalue weighted by Gasteiger charge is -2.12. The van der Waals surface area contributed by atoms with Crippen molar-refractivity contribution in [1.29, 1.82) is 0 Å². The van der Waals surface area contributed by atoms with Gasteiger partial charge in [0.25, 0.3) is 11.8 Å². The summed E-state index contributed by atoms with van der Waals surface area (Å²) in [6.07, 6.45) is 3.91. The van der Waals surface area contributed by atoms with Gasteiger partial charge in [-0.05, 0) is 77.6 Å². The molecule has 4 aromatic rings. The third-order valence-corrected chi connectivity index (χ3v) is 6.69. The van der Waals surface area contributed by atoms with Gasteiger partial charge in [-0.25, -0.2) is 0 Å². The molecule has 0 aliphatic carbocycles. The van der Waals surface area contributed by atoms with Gasteiger partial charge in [-0.15, -0.1) is 11.8 Å². The number of amides is 2. The lowest BCUT2D eigenvalue weighted by molar-refractivity contribution is -0.115. The van der Waals surface area contributed by atoms with E-state index in [0.717, 1.165) is 27.3 Å². The van der Waals surface area contributed by atoms with E-state index >= 15 is 0 Å². The van der Waals surface area contributed by atoms with Gasteiger partial charge in [-0.3, -0.25) is 9.59 Å². The standard InChI is InChI=1S/C31H29N3O3S/c1-37-25-15-13-23(14-16-25)27(19-21-9-17-26(38-2)18-10-21)31(36)33-20-22-7-11-24(12-8-22)30(35)34-29-6-4-3-5-28(29)32/h3-19H,20,32H2,1-2H3,(H,33,36)(H,34,35)/b27-19+. The van der Waals surface area contributed by atoms with Crippen LogP contribution in [0.4, 0.5) is 11.4 Å². The molecule has 0 aliphatic rings. The highest BCUT2D eigenvalue weighted by Crippen LogP contribution is 2.24. The molecule has 0 aromatic heterocycles. The van der Waals surface area contributed by atoms with Gasteiger partial charge in [-0.1, -0.05) is 48.5 Å². The van der Waals surface area contributed by atoms with Crippen LogP contribution < -0.4 is 21.1 Å². The minimum atomic E-state index is -0.254. The van der Waals surface area contributed by atoms with Gasteiger partial charge >= 0.3 is 0 Å². The van der Waals surface area contributed by atoms with Crippen molar-refractivity contribution in [3.05, 3.63) is 119 Å². The summed E-state index contributed by atoms with van der Waals surface area (Å²) in [7, 11) is 1.61. The molecule has 6 nitrogen and oxygen atoms in total. The van der Waals surface area contributed by atoms with Crippen molar-refractivity contribution in [3.8, 4) is 5.75 Å². The fourth-order valence-electron chi connectivity index (χ4n) is 3.77. The number of hydrogen-bond donors (Lipinski definition) is 3. The highest BCUT2D eigenvalue weighted by atomic mass is 32.2. The summed E-state index contributed by atoms with van der Waals surface area (Å²) in [5.41, 5.74) is 10.6. The van der Waals surface area contributed by atoms with E-state index in [1.807, 2.05) is 85.1 Å². The van der Waals surface area contributed by atoms with Crippen LogP contribution in [-0.4, -0.2) is 25.2 Å². The lowest BCUT2D eigenvalue weighted by atomic mass is 10.0. The van der Waals surface area contributed by atoms with Crippen LogP contribution in [0.15, 0.2) is 102 Å². The van der Waals surface area contributed by atoms with Crippen molar-refractivity contribution >= 4 is 46.6 Å². The molecule has 0 saturated heterocycles. The number of nitrogens with two attached hydrogens (primary N) is 1. The zero-order chi connectivity index (χ0) is 26.9. The van der Waals surface area contributed by atoms with Crippen molar-refractivity contribution < 1.29 is 14.3 Å². The smallest absolute Gasteiger partial charge is 0.255 e. The molecule has 2 amide bonds. The first kappa shape index (κ1) is 26.6. The molecule has 0 atom stereocenters. The third-order valence-electron chi connectivity index (χ3n) is 5.95. The molecule has 4 rings (SSSR count). The Balaban J connectivity index is 1.47. The average Bonchev–Trinajstić information content (AvgIpc) is 2.96. The Kier molecular flexibility index (Phi) is 8.85. The van der Waals surface area contributed by atoms with Crippen molar-refractivity contribution in [1.82, 2.24) is 5.32 Å². The number of benzene rings is 4. The normalized spacial score (nSPS) is 11.1. The van der Waals surface area contributed by atoms with Crippen LogP contribution in [0.5, 0.6) is 5.75 Å². The number of anilines is 2. The second-order valence-corrected chi connectivity index (χ2v) is 9.36. The van der Waals surface area contributed by atoms with E-state index in [1.165, 1.54) is 0 Å². The van der Waals surface area contributed by atoms with Crippen molar-refractivity contribution in [2.24, 2.45) is 0 Å². The predicted molar refractivity (Wildman–Crippen MR) is 156 cm³/mol. The molecule has 0 radical (unpaired) electrons. The number of ether oxygens (including phenoxy) is 1. The van der Waals surface area contributed by atoms with E-state index in [0.29, 0.717) is 29.1 Å². The fourth-order valence-corrected chi connectivity index (χ4v) is 4.18. The monoisotopic (exact) mass is 523 g/mol. The zero-order valence-corrected chi connectivity index (χ0v) is 22.0. The maximum Gasteiger partial charge on any atom is 0.255 e. The first-order valence-electron chi connectivity index (χ1n) is 12.0. The van der Waals surface area contributed by atoms with Crippen LogP contribution in [0.3, 0.4) is 0 Å². The minimum absolute atomic E-state index is 0.203. The molecule has 7 heteroatoms. The summed E-state index contributed by atoms with van der Waals surface area (Å²) < 4.78 is 5.27. The number of carbonyl (C=O) groups is 2. The number of nitrogens with one attached hydrogen (secondary N) is 2. The number of nitrogen functional groups attached to an aromatic ring is 1. The van der Waals surface area contributed by atoms with Gasteiger partial charge in [0.1, 0.15) is 5.75 Å². The number of thioether (sulfide) groups is 1. The predicted octanol–water partition coefficient (Wildman–Crippen LogP) is 6.11. The highest BCUT2D eigenvalue weighted by molar-refractivity contribution is 7.98. The molecular formula is C31H29N3O3S. The summed E-state index contributed by atoms with van der Waals surface area (Å²) in [4.78, 5) is 27.1. The van der Waals surface area contributed by atoms with Crippen LogP contribution in [0.25, 0.3) is 11.6 Å². The van der Waals surface area contributed by atoms with Crippen LogP contribution in [0, 0.1) is 0 Å². The van der Waals surface area contributed by atoms with Crippen LogP contribution >= 0.6 is 11.8 Å². The largest absolute Gasteiger partial charge is 0.497 e. The Morgan fingerprint density at radius 2 is 1.53 bits per heavy atom. The summed E-state index contributed by atoms with van der Waals surface area (Å²) in [6.45, 7) is 0.311. The third kappa shape index (κ3) is 6.83. The zero-order valence-electron chi connectivity index (χ0n) is 21.2.